The molecule has 2 nitrogen and oxygen atoms in total. The summed E-state index contributed by atoms with van der Waals surface area (Å²) in [6.07, 6.45) is 0. The van der Waals surface area contributed by atoms with Crippen LogP contribution in [0.2, 0.25) is 0 Å². The molecule has 0 aliphatic carbocycles. The summed E-state index contributed by atoms with van der Waals surface area (Å²) in [6.45, 7) is 1.22. The third kappa shape index (κ3) is 1.88. The molecule has 0 N–H and O–H groups in total. The van der Waals surface area contributed by atoms with E-state index in [0.29, 0.717) is 5.56 Å². The molecule has 0 fully saturated rings. The topological polar surface area (TPSA) is 26.3 Å². The van der Waals surface area contributed by atoms with Crippen LogP contribution in [0.4, 0.5) is 4.39 Å². The van der Waals surface area contributed by atoms with Gasteiger partial charge in [0.25, 0.3) is 0 Å². The van der Waals surface area contributed by atoms with E-state index in [1.807, 2.05) is 24.3 Å². The van der Waals surface area contributed by atoms with Gasteiger partial charge in [0.15, 0.2) is 0 Å². The second-order valence-electron chi connectivity index (χ2n) is 4.02. The zero-order valence-corrected chi connectivity index (χ0v) is 9.74. The van der Waals surface area contributed by atoms with Crippen LogP contribution in [0.3, 0.4) is 0 Å². The van der Waals surface area contributed by atoms with Crippen molar-refractivity contribution in [3.8, 4) is 0 Å². The highest BCUT2D eigenvalue weighted by Crippen LogP contribution is 2.32. The first-order chi connectivity index (χ1) is 8.07. The minimum Gasteiger partial charge on any atom is -0.466 e. The van der Waals surface area contributed by atoms with Gasteiger partial charge in [0.05, 0.1) is 7.11 Å². The molecular weight excluding hydrogens is 219 g/mol. The number of alkyl halides is 1. The van der Waals surface area contributed by atoms with Crippen LogP contribution in [0.5, 0.6) is 0 Å². The van der Waals surface area contributed by atoms with Crippen molar-refractivity contribution in [2.45, 2.75) is 12.6 Å². The summed E-state index contributed by atoms with van der Waals surface area (Å²) in [7, 11) is 1.19. The number of hydrogen-bond donors (Lipinski definition) is 0. The maximum absolute atomic E-state index is 14.5. The van der Waals surface area contributed by atoms with Gasteiger partial charge in [0.2, 0.25) is 5.67 Å². The van der Waals surface area contributed by atoms with Crippen molar-refractivity contribution in [2.75, 3.05) is 7.11 Å². The van der Waals surface area contributed by atoms with Gasteiger partial charge >= 0.3 is 5.97 Å². The molecule has 0 aliphatic heterocycles. The fourth-order valence-corrected chi connectivity index (χ4v) is 1.94. The van der Waals surface area contributed by atoms with Crippen LogP contribution in [0, 0.1) is 0 Å². The third-order valence-corrected chi connectivity index (χ3v) is 2.86. The summed E-state index contributed by atoms with van der Waals surface area (Å²) in [6, 6.07) is 12.6. The lowest BCUT2D eigenvalue weighted by Crippen LogP contribution is -2.28. The Morgan fingerprint density at radius 2 is 1.82 bits per heavy atom. The van der Waals surface area contributed by atoms with E-state index in [-0.39, 0.29) is 0 Å². The number of fused-ring (bicyclic) bond motifs is 1. The number of ether oxygens (including phenoxy) is 1. The van der Waals surface area contributed by atoms with Gasteiger partial charge in [-0.2, -0.15) is 0 Å². The van der Waals surface area contributed by atoms with E-state index in [1.165, 1.54) is 14.0 Å². The average molecular weight is 232 g/mol. The van der Waals surface area contributed by atoms with E-state index in [2.05, 4.69) is 4.74 Å². The van der Waals surface area contributed by atoms with Gasteiger partial charge in [-0.15, -0.1) is 0 Å². The van der Waals surface area contributed by atoms with Gasteiger partial charge in [-0.1, -0.05) is 42.5 Å². The van der Waals surface area contributed by atoms with Gasteiger partial charge in [-0.05, 0) is 17.7 Å². The predicted octanol–water partition coefficient (Wildman–Crippen LogP) is 3.20. The van der Waals surface area contributed by atoms with Crippen LogP contribution in [0.25, 0.3) is 10.8 Å². The summed E-state index contributed by atoms with van der Waals surface area (Å²) >= 11 is 0. The number of methoxy groups -OCH3 is 1. The molecule has 0 saturated carbocycles. The van der Waals surface area contributed by atoms with Crippen molar-refractivity contribution in [3.63, 3.8) is 0 Å². The van der Waals surface area contributed by atoms with E-state index in [4.69, 9.17) is 0 Å². The fraction of sp³-hybridized carbons (Fsp3) is 0.214. The number of esters is 1. The van der Waals surface area contributed by atoms with Crippen molar-refractivity contribution in [1.29, 1.82) is 0 Å². The van der Waals surface area contributed by atoms with E-state index in [1.54, 1.807) is 18.2 Å². The predicted molar refractivity (Wildman–Crippen MR) is 64.4 cm³/mol. The van der Waals surface area contributed by atoms with Gasteiger partial charge in [0.1, 0.15) is 0 Å². The minimum atomic E-state index is -2.13. The molecule has 17 heavy (non-hydrogen) atoms. The van der Waals surface area contributed by atoms with Crippen LogP contribution in [-0.4, -0.2) is 13.1 Å². The SMILES string of the molecule is COC(=O)[C@](C)(F)c1cccc2ccccc12. The number of hydrogen-bond acceptors (Lipinski definition) is 2. The zero-order chi connectivity index (χ0) is 12.5. The molecule has 0 radical (unpaired) electrons. The molecule has 2 aromatic rings. The zero-order valence-electron chi connectivity index (χ0n) is 9.74. The maximum Gasteiger partial charge on any atom is 0.348 e. The number of benzene rings is 2. The summed E-state index contributed by atoms with van der Waals surface area (Å²) in [4.78, 5) is 11.5. The molecule has 2 aromatic carbocycles. The van der Waals surface area contributed by atoms with Crippen LogP contribution in [-0.2, 0) is 15.2 Å². The molecule has 0 aliphatic rings. The molecule has 88 valence electrons. The molecule has 0 spiro atoms. The second kappa shape index (κ2) is 4.17. The van der Waals surface area contributed by atoms with Gasteiger partial charge in [0, 0.05) is 5.56 Å². The monoisotopic (exact) mass is 232 g/mol. The van der Waals surface area contributed by atoms with E-state index in [0.717, 1.165) is 10.8 Å². The highest BCUT2D eigenvalue weighted by molar-refractivity contribution is 5.92. The lowest BCUT2D eigenvalue weighted by Gasteiger charge is -2.19. The number of carbonyl (C=O) groups excluding carboxylic acids is 1. The molecule has 0 bridgehead atoms. The molecule has 0 saturated heterocycles. The van der Waals surface area contributed by atoms with Crippen molar-refractivity contribution in [1.82, 2.24) is 0 Å². The molecule has 2 rings (SSSR count). The van der Waals surface area contributed by atoms with Gasteiger partial charge in [-0.25, -0.2) is 9.18 Å². The van der Waals surface area contributed by atoms with Crippen LogP contribution < -0.4 is 0 Å². The Balaban J connectivity index is 2.67. The lowest BCUT2D eigenvalue weighted by atomic mass is 9.92. The van der Waals surface area contributed by atoms with E-state index < -0.39 is 11.6 Å². The van der Waals surface area contributed by atoms with Crippen molar-refractivity contribution in [2.24, 2.45) is 0 Å². The second-order valence-corrected chi connectivity index (χ2v) is 4.02. The number of carbonyl (C=O) groups is 1. The Hall–Kier alpha value is -1.90. The number of halogens is 1. The van der Waals surface area contributed by atoms with E-state index >= 15 is 0 Å². The normalized spacial score (nSPS) is 14.3. The van der Waals surface area contributed by atoms with Crippen molar-refractivity contribution in [3.05, 3.63) is 48.0 Å². The first-order valence-corrected chi connectivity index (χ1v) is 5.33. The molecule has 0 amide bonds. The lowest BCUT2D eigenvalue weighted by molar-refractivity contribution is -0.154. The Bertz CT molecular complexity index is 556. The third-order valence-electron chi connectivity index (χ3n) is 2.86. The van der Waals surface area contributed by atoms with Crippen LogP contribution >= 0.6 is 0 Å². The molecule has 1 atom stereocenters. The number of rotatable bonds is 2. The molecule has 0 unspecified atom stereocenters. The largest absolute Gasteiger partial charge is 0.466 e. The van der Waals surface area contributed by atoms with Crippen molar-refractivity contribution >= 4 is 16.7 Å². The Morgan fingerprint density at radius 3 is 2.53 bits per heavy atom. The Kier molecular flexibility index (Phi) is 2.84. The Labute approximate surface area is 99.0 Å². The highest BCUT2D eigenvalue weighted by Gasteiger charge is 2.37. The van der Waals surface area contributed by atoms with Crippen LogP contribution in [0.15, 0.2) is 42.5 Å². The molecule has 0 heterocycles. The summed E-state index contributed by atoms with van der Waals surface area (Å²) in [5.41, 5.74) is -1.79. The first-order valence-electron chi connectivity index (χ1n) is 5.33. The minimum absolute atomic E-state index is 0.336. The molecule has 0 aromatic heterocycles. The van der Waals surface area contributed by atoms with Crippen LogP contribution in [0.1, 0.15) is 12.5 Å². The van der Waals surface area contributed by atoms with Gasteiger partial charge < -0.3 is 4.74 Å². The summed E-state index contributed by atoms with van der Waals surface area (Å²) in [5.74, 6) is -0.881. The first kappa shape index (κ1) is 11.6. The van der Waals surface area contributed by atoms with Gasteiger partial charge in [-0.3, -0.25) is 0 Å². The molecular formula is C14H13FO2. The standard InChI is InChI=1S/C14H13FO2/c1-14(15,13(16)17-2)12-9-5-7-10-6-3-4-8-11(10)12/h3-9H,1-2H3/t14-/m1/s1. The fourth-order valence-electron chi connectivity index (χ4n) is 1.94. The maximum atomic E-state index is 14.5. The highest BCUT2D eigenvalue weighted by atomic mass is 19.1. The van der Waals surface area contributed by atoms with Crippen molar-refractivity contribution < 1.29 is 13.9 Å². The summed E-state index contributed by atoms with van der Waals surface area (Å²) < 4.78 is 19.0. The van der Waals surface area contributed by atoms with E-state index in [9.17, 15) is 9.18 Å². The average Bonchev–Trinajstić information content (AvgIpc) is 2.37. The molecule has 3 heteroatoms. The quantitative estimate of drug-likeness (QED) is 0.743. The summed E-state index contributed by atoms with van der Waals surface area (Å²) in [5, 5.41) is 1.63. The smallest absolute Gasteiger partial charge is 0.348 e. The Morgan fingerprint density at radius 1 is 1.18 bits per heavy atom.